The van der Waals surface area contributed by atoms with Gasteiger partial charge in [-0.15, -0.1) is 0 Å². The zero-order valence-corrected chi connectivity index (χ0v) is 37.9. The number of ether oxygens (including phenoxy) is 1. The Morgan fingerprint density at radius 2 is 0.716 bits per heavy atom. The molecule has 2 aliphatic rings. The van der Waals surface area contributed by atoms with Crippen molar-refractivity contribution in [2.24, 2.45) is 0 Å². The zero-order chi connectivity index (χ0) is 45.1. The highest BCUT2D eigenvalue weighted by atomic mass is 16.5. The van der Waals surface area contributed by atoms with Gasteiger partial charge in [0.05, 0.1) is 5.41 Å². The van der Waals surface area contributed by atoms with Gasteiger partial charge in [0.25, 0.3) is 0 Å². The lowest BCUT2D eigenvalue weighted by molar-refractivity contribution is 0.427. The van der Waals surface area contributed by atoms with Crippen LogP contribution in [0.1, 0.15) is 48.6 Å². The molecule has 1 aliphatic carbocycles. The van der Waals surface area contributed by atoms with Gasteiger partial charge < -0.3 is 9.64 Å². The molecule has 1 heterocycles. The fourth-order valence-electron chi connectivity index (χ4n) is 10.9. The van der Waals surface area contributed by atoms with E-state index in [1.54, 1.807) is 0 Å². The van der Waals surface area contributed by atoms with Crippen LogP contribution in [0, 0.1) is 0 Å². The maximum atomic E-state index is 6.46. The molecule has 0 unspecified atom stereocenters. The number of hydrogen-bond donors (Lipinski definition) is 0. The van der Waals surface area contributed by atoms with Crippen molar-refractivity contribution in [3.8, 4) is 67.1 Å². The van der Waals surface area contributed by atoms with Crippen LogP contribution in [0.15, 0.2) is 243 Å². The molecule has 0 spiro atoms. The van der Waals surface area contributed by atoms with Gasteiger partial charge in [-0.1, -0.05) is 202 Å². The molecular formula is C65H49NO. The van der Waals surface area contributed by atoms with E-state index in [1.165, 1.54) is 83.5 Å². The zero-order valence-electron chi connectivity index (χ0n) is 37.9. The summed E-state index contributed by atoms with van der Waals surface area (Å²) in [6.07, 6.45) is 0. The van der Waals surface area contributed by atoms with E-state index in [4.69, 9.17) is 4.74 Å². The van der Waals surface area contributed by atoms with Crippen molar-refractivity contribution in [3.63, 3.8) is 0 Å². The monoisotopic (exact) mass is 859 g/mol. The third-order valence-electron chi connectivity index (χ3n) is 14.4. The second-order valence-electron chi connectivity index (χ2n) is 18.6. The van der Waals surface area contributed by atoms with Crippen molar-refractivity contribution in [2.45, 2.75) is 31.6 Å². The van der Waals surface area contributed by atoms with Crippen molar-refractivity contribution in [3.05, 3.63) is 270 Å². The minimum absolute atomic E-state index is 0.226. The lowest BCUT2D eigenvalue weighted by Crippen LogP contribution is -2.30. The number of hydrogen-bond acceptors (Lipinski definition) is 2. The second kappa shape index (κ2) is 16.0. The summed E-state index contributed by atoms with van der Waals surface area (Å²) in [4.78, 5) is 2.41. The normalized spacial score (nSPS) is 13.7. The maximum Gasteiger partial charge on any atom is 0.131 e. The second-order valence-corrected chi connectivity index (χ2v) is 18.6. The van der Waals surface area contributed by atoms with Crippen LogP contribution < -0.4 is 9.64 Å². The van der Waals surface area contributed by atoms with E-state index in [2.05, 4.69) is 268 Å². The van der Waals surface area contributed by atoms with E-state index >= 15 is 0 Å². The fraction of sp³-hybridized carbons (Fsp3) is 0.0769. The van der Waals surface area contributed by atoms with Gasteiger partial charge in [0.15, 0.2) is 0 Å². The molecule has 0 radical (unpaired) electrons. The third-order valence-corrected chi connectivity index (χ3v) is 14.4. The maximum absolute atomic E-state index is 6.46. The molecule has 2 heteroatoms. The van der Waals surface area contributed by atoms with Crippen LogP contribution in [-0.4, -0.2) is 0 Å². The van der Waals surface area contributed by atoms with Crippen LogP contribution in [0.4, 0.5) is 17.1 Å². The van der Waals surface area contributed by atoms with E-state index in [0.717, 1.165) is 28.6 Å². The van der Waals surface area contributed by atoms with Gasteiger partial charge in [-0.3, -0.25) is 0 Å². The first-order chi connectivity index (χ1) is 32.8. The average Bonchev–Trinajstić information content (AvgIpc) is 3.61. The highest BCUT2D eigenvalue weighted by Crippen LogP contribution is 2.54. The van der Waals surface area contributed by atoms with Gasteiger partial charge in [0, 0.05) is 33.6 Å². The standard InChI is InChI=1S/C65H49NO/c1-64(2)60-42-50(47-29-31-48(32-30-47)54-23-10-11-24-57(54)65(3)58-25-12-14-27-62(58)67-63-28-15-13-26-59(63)65)35-39-55(60)56-40-38-53(43-61(56)64)66(51-36-33-46(34-37-51)44-17-6-4-7-18-44)52-22-16-21-49(41-52)45-19-8-5-9-20-45/h4-43H,1-3H3. The Kier molecular flexibility index (Phi) is 9.66. The summed E-state index contributed by atoms with van der Waals surface area (Å²) in [5.74, 6) is 1.82. The highest BCUT2D eigenvalue weighted by molar-refractivity contribution is 5.88. The fourth-order valence-corrected chi connectivity index (χ4v) is 10.9. The van der Waals surface area contributed by atoms with Crippen molar-refractivity contribution in [1.29, 1.82) is 0 Å². The number of rotatable bonds is 8. The van der Waals surface area contributed by atoms with E-state index in [-0.39, 0.29) is 5.41 Å². The predicted octanol–water partition coefficient (Wildman–Crippen LogP) is 17.6. The van der Waals surface area contributed by atoms with Crippen LogP contribution in [0.2, 0.25) is 0 Å². The van der Waals surface area contributed by atoms with Crippen LogP contribution in [0.3, 0.4) is 0 Å². The summed E-state index contributed by atoms with van der Waals surface area (Å²) < 4.78 is 6.46. The summed E-state index contributed by atoms with van der Waals surface area (Å²) in [5, 5.41) is 0. The third kappa shape index (κ3) is 6.79. The smallest absolute Gasteiger partial charge is 0.131 e. The molecule has 0 bridgehead atoms. The molecule has 10 aromatic carbocycles. The van der Waals surface area contributed by atoms with E-state index in [9.17, 15) is 0 Å². The van der Waals surface area contributed by atoms with Gasteiger partial charge in [0.2, 0.25) is 0 Å². The molecule has 10 aromatic rings. The summed E-state index contributed by atoms with van der Waals surface area (Å²) in [6, 6.07) is 88.3. The summed E-state index contributed by atoms with van der Waals surface area (Å²) in [7, 11) is 0. The highest BCUT2D eigenvalue weighted by Gasteiger charge is 2.41. The van der Waals surface area contributed by atoms with E-state index in [0.29, 0.717) is 0 Å². The Morgan fingerprint density at radius 3 is 1.39 bits per heavy atom. The van der Waals surface area contributed by atoms with Gasteiger partial charge in [-0.2, -0.15) is 0 Å². The number of benzene rings is 10. The molecule has 320 valence electrons. The van der Waals surface area contributed by atoms with E-state index in [1.807, 2.05) is 0 Å². The quantitative estimate of drug-likeness (QED) is 0.151. The Labute approximate surface area is 394 Å². The van der Waals surface area contributed by atoms with Crippen LogP contribution >= 0.6 is 0 Å². The molecule has 2 nitrogen and oxygen atoms in total. The molecule has 0 atom stereocenters. The SMILES string of the molecule is CC1(C)c2cc(-c3ccc(-c4ccccc4C4(C)c5ccccc5Oc5ccccc54)cc3)ccc2-c2ccc(N(c3ccc(-c4ccccc4)cc3)c3cccc(-c4ccccc4)c3)cc21. The van der Waals surface area contributed by atoms with Crippen LogP contribution in [0.25, 0.3) is 55.6 Å². The molecule has 0 fully saturated rings. The van der Waals surface area contributed by atoms with Crippen molar-refractivity contribution < 1.29 is 4.74 Å². The molecule has 0 N–H and O–H groups in total. The molecule has 0 aromatic heterocycles. The number of fused-ring (bicyclic) bond motifs is 5. The minimum atomic E-state index is -0.405. The molecule has 0 amide bonds. The van der Waals surface area contributed by atoms with Gasteiger partial charge in [-0.25, -0.2) is 0 Å². The van der Waals surface area contributed by atoms with Crippen LogP contribution in [-0.2, 0) is 10.8 Å². The molecule has 0 saturated carbocycles. The predicted molar refractivity (Wildman–Crippen MR) is 279 cm³/mol. The molecule has 1 aliphatic heterocycles. The van der Waals surface area contributed by atoms with Crippen molar-refractivity contribution in [2.75, 3.05) is 4.90 Å². The Bertz CT molecular complexity index is 3410. The van der Waals surface area contributed by atoms with Gasteiger partial charge in [0.1, 0.15) is 11.5 Å². The number of anilines is 3. The number of nitrogens with zero attached hydrogens (tertiary/aromatic N) is 1. The number of para-hydroxylation sites is 2. The first-order valence-electron chi connectivity index (χ1n) is 23.3. The Hall–Kier alpha value is -8.20. The lowest BCUT2D eigenvalue weighted by Gasteiger charge is -2.39. The first-order valence-corrected chi connectivity index (χ1v) is 23.3. The van der Waals surface area contributed by atoms with Gasteiger partial charge >= 0.3 is 0 Å². The summed E-state index contributed by atoms with van der Waals surface area (Å²) in [6.45, 7) is 7.11. The summed E-state index contributed by atoms with van der Waals surface area (Å²) in [5.41, 5.74) is 21.3. The van der Waals surface area contributed by atoms with Crippen LogP contribution in [0.5, 0.6) is 11.5 Å². The first kappa shape index (κ1) is 40.3. The molecule has 67 heavy (non-hydrogen) atoms. The van der Waals surface area contributed by atoms with E-state index < -0.39 is 5.41 Å². The average molecular weight is 860 g/mol. The van der Waals surface area contributed by atoms with Crippen molar-refractivity contribution >= 4 is 17.1 Å². The summed E-state index contributed by atoms with van der Waals surface area (Å²) >= 11 is 0. The largest absolute Gasteiger partial charge is 0.457 e. The topological polar surface area (TPSA) is 12.5 Å². The van der Waals surface area contributed by atoms with Gasteiger partial charge in [-0.05, 0) is 134 Å². The molecule has 0 saturated heterocycles. The van der Waals surface area contributed by atoms with Crippen molar-refractivity contribution in [1.82, 2.24) is 0 Å². The lowest BCUT2D eigenvalue weighted by atomic mass is 9.67. The Balaban J connectivity index is 0.890. The Morgan fingerprint density at radius 1 is 0.284 bits per heavy atom. The molecule has 12 rings (SSSR count). The molecular weight excluding hydrogens is 811 g/mol. The minimum Gasteiger partial charge on any atom is -0.457 e.